The van der Waals surface area contributed by atoms with E-state index in [0.717, 1.165) is 17.1 Å². The fraction of sp³-hybridized carbons (Fsp3) is 0.667. The van der Waals surface area contributed by atoms with Crippen LogP contribution in [0.3, 0.4) is 0 Å². The van der Waals surface area contributed by atoms with Crippen LogP contribution in [0.5, 0.6) is 0 Å². The minimum Gasteiger partial charge on any atom is -0.322 e. The molecule has 1 aromatic heterocycles. The standard InChI is InChI=1S/C9H16N2S/c1-4-6(2)9(10)8-5-12-7(3)11-8/h5-6,9H,4,10H2,1-3H3. The van der Waals surface area contributed by atoms with Crippen LogP contribution in [0.15, 0.2) is 5.38 Å². The second-order valence-electron chi connectivity index (χ2n) is 3.20. The van der Waals surface area contributed by atoms with Crippen LogP contribution in [0.25, 0.3) is 0 Å². The summed E-state index contributed by atoms with van der Waals surface area (Å²) in [5.74, 6) is 0.520. The molecule has 0 aromatic carbocycles. The van der Waals surface area contributed by atoms with Gasteiger partial charge in [-0.1, -0.05) is 20.3 Å². The molecule has 2 atom stereocenters. The zero-order valence-corrected chi connectivity index (χ0v) is 8.69. The zero-order chi connectivity index (χ0) is 9.14. The van der Waals surface area contributed by atoms with Gasteiger partial charge in [0, 0.05) is 5.38 Å². The summed E-state index contributed by atoms with van der Waals surface area (Å²) >= 11 is 1.67. The molecule has 2 nitrogen and oxygen atoms in total. The molecular weight excluding hydrogens is 168 g/mol. The average molecular weight is 184 g/mol. The topological polar surface area (TPSA) is 38.9 Å². The van der Waals surface area contributed by atoms with E-state index < -0.39 is 0 Å². The smallest absolute Gasteiger partial charge is 0.0898 e. The van der Waals surface area contributed by atoms with Crippen molar-refractivity contribution in [3.05, 3.63) is 16.1 Å². The summed E-state index contributed by atoms with van der Waals surface area (Å²) in [5.41, 5.74) is 7.05. The molecule has 0 saturated heterocycles. The van der Waals surface area contributed by atoms with Gasteiger partial charge in [0.05, 0.1) is 16.7 Å². The summed E-state index contributed by atoms with van der Waals surface area (Å²) in [5, 5.41) is 3.16. The third-order valence-electron chi connectivity index (χ3n) is 2.24. The highest BCUT2D eigenvalue weighted by atomic mass is 32.1. The van der Waals surface area contributed by atoms with Gasteiger partial charge in [0.15, 0.2) is 0 Å². The third kappa shape index (κ3) is 2.05. The van der Waals surface area contributed by atoms with E-state index in [0.29, 0.717) is 5.92 Å². The Bertz CT molecular complexity index is 244. The van der Waals surface area contributed by atoms with E-state index in [9.17, 15) is 0 Å². The molecule has 0 aliphatic carbocycles. The lowest BCUT2D eigenvalue weighted by atomic mass is 9.98. The highest BCUT2D eigenvalue weighted by Crippen LogP contribution is 2.22. The first kappa shape index (κ1) is 9.68. The first-order valence-corrected chi connectivity index (χ1v) is 5.20. The van der Waals surface area contributed by atoms with Gasteiger partial charge in [-0.25, -0.2) is 4.98 Å². The number of aryl methyl sites for hydroxylation is 1. The van der Waals surface area contributed by atoms with Gasteiger partial charge in [0.2, 0.25) is 0 Å². The molecule has 0 saturated carbocycles. The Balaban J connectivity index is 2.70. The number of nitrogens with zero attached hydrogens (tertiary/aromatic N) is 1. The van der Waals surface area contributed by atoms with Crippen molar-refractivity contribution in [2.75, 3.05) is 0 Å². The van der Waals surface area contributed by atoms with Crippen LogP contribution in [0.1, 0.15) is 37.0 Å². The highest BCUT2D eigenvalue weighted by molar-refractivity contribution is 7.09. The lowest BCUT2D eigenvalue weighted by Gasteiger charge is -2.15. The summed E-state index contributed by atoms with van der Waals surface area (Å²) in [4.78, 5) is 4.37. The molecule has 3 heteroatoms. The van der Waals surface area contributed by atoms with Crippen molar-refractivity contribution in [1.82, 2.24) is 4.98 Å². The molecule has 0 amide bonds. The maximum atomic E-state index is 6.01. The van der Waals surface area contributed by atoms with Crippen LogP contribution >= 0.6 is 11.3 Å². The number of hydrogen-bond donors (Lipinski definition) is 1. The molecule has 68 valence electrons. The highest BCUT2D eigenvalue weighted by Gasteiger charge is 2.15. The van der Waals surface area contributed by atoms with Crippen LogP contribution in [0, 0.1) is 12.8 Å². The largest absolute Gasteiger partial charge is 0.322 e. The summed E-state index contributed by atoms with van der Waals surface area (Å²) in [6, 6.07) is 0.111. The van der Waals surface area contributed by atoms with Crippen molar-refractivity contribution >= 4 is 11.3 Å². The van der Waals surface area contributed by atoms with Gasteiger partial charge >= 0.3 is 0 Å². The second kappa shape index (κ2) is 4.01. The zero-order valence-electron chi connectivity index (χ0n) is 7.87. The predicted octanol–water partition coefficient (Wildman–Crippen LogP) is 2.50. The predicted molar refractivity (Wildman–Crippen MR) is 53.2 cm³/mol. The summed E-state index contributed by atoms with van der Waals surface area (Å²) < 4.78 is 0. The molecule has 0 bridgehead atoms. The van der Waals surface area contributed by atoms with E-state index in [2.05, 4.69) is 24.2 Å². The Hall–Kier alpha value is -0.410. The molecular formula is C9H16N2S. The third-order valence-corrected chi connectivity index (χ3v) is 3.03. The van der Waals surface area contributed by atoms with Crippen LogP contribution in [0.4, 0.5) is 0 Å². The fourth-order valence-electron chi connectivity index (χ4n) is 1.08. The molecule has 0 aliphatic rings. The van der Waals surface area contributed by atoms with Crippen molar-refractivity contribution in [2.24, 2.45) is 11.7 Å². The first-order chi connectivity index (χ1) is 5.65. The Morgan fingerprint density at radius 3 is 2.75 bits per heavy atom. The van der Waals surface area contributed by atoms with Gasteiger partial charge in [0.1, 0.15) is 0 Å². The van der Waals surface area contributed by atoms with Crippen molar-refractivity contribution < 1.29 is 0 Å². The fourth-order valence-corrected chi connectivity index (χ4v) is 1.74. The van der Waals surface area contributed by atoms with E-state index in [1.165, 1.54) is 0 Å². The average Bonchev–Trinajstić information content (AvgIpc) is 2.49. The Kier molecular flexibility index (Phi) is 3.23. The molecule has 12 heavy (non-hydrogen) atoms. The lowest BCUT2D eigenvalue weighted by molar-refractivity contribution is 0.449. The van der Waals surface area contributed by atoms with Crippen molar-refractivity contribution in [1.29, 1.82) is 0 Å². The number of hydrogen-bond acceptors (Lipinski definition) is 3. The molecule has 2 unspecified atom stereocenters. The molecule has 0 fully saturated rings. The molecule has 0 radical (unpaired) electrons. The van der Waals surface area contributed by atoms with Gasteiger partial charge < -0.3 is 5.73 Å². The summed E-state index contributed by atoms with van der Waals surface area (Å²) in [7, 11) is 0. The summed E-state index contributed by atoms with van der Waals surface area (Å²) in [6.07, 6.45) is 1.11. The van der Waals surface area contributed by atoms with E-state index in [4.69, 9.17) is 5.73 Å². The van der Waals surface area contributed by atoms with Crippen LogP contribution in [0.2, 0.25) is 0 Å². The quantitative estimate of drug-likeness (QED) is 0.784. The number of rotatable bonds is 3. The Morgan fingerprint density at radius 2 is 2.33 bits per heavy atom. The van der Waals surface area contributed by atoms with Crippen LogP contribution in [-0.2, 0) is 0 Å². The monoisotopic (exact) mass is 184 g/mol. The van der Waals surface area contributed by atoms with Gasteiger partial charge in [-0.3, -0.25) is 0 Å². The molecule has 1 aromatic rings. The molecule has 1 rings (SSSR count). The van der Waals surface area contributed by atoms with E-state index in [1.54, 1.807) is 11.3 Å². The molecule has 0 spiro atoms. The number of thiazole rings is 1. The number of aromatic nitrogens is 1. The van der Waals surface area contributed by atoms with Crippen LogP contribution in [-0.4, -0.2) is 4.98 Å². The second-order valence-corrected chi connectivity index (χ2v) is 4.26. The lowest BCUT2D eigenvalue weighted by Crippen LogP contribution is -2.18. The minimum absolute atomic E-state index is 0.111. The minimum atomic E-state index is 0.111. The molecule has 0 aliphatic heterocycles. The van der Waals surface area contributed by atoms with E-state index in [1.807, 2.05) is 6.92 Å². The van der Waals surface area contributed by atoms with Gasteiger partial charge in [0.25, 0.3) is 0 Å². The van der Waals surface area contributed by atoms with Gasteiger partial charge in [-0.05, 0) is 12.8 Å². The Labute approximate surface area is 77.8 Å². The van der Waals surface area contributed by atoms with E-state index in [-0.39, 0.29) is 6.04 Å². The maximum absolute atomic E-state index is 6.01. The number of nitrogens with two attached hydrogens (primary N) is 1. The van der Waals surface area contributed by atoms with Crippen molar-refractivity contribution in [3.63, 3.8) is 0 Å². The first-order valence-electron chi connectivity index (χ1n) is 4.32. The van der Waals surface area contributed by atoms with Gasteiger partial charge in [-0.2, -0.15) is 0 Å². The maximum Gasteiger partial charge on any atom is 0.0898 e. The van der Waals surface area contributed by atoms with Gasteiger partial charge in [-0.15, -0.1) is 11.3 Å². The van der Waals surface area contributed by atoms with E-state index >= 15 is 0 Å². The summed E-state index contributed by atoms with van der Waals surface area (Å²) in [6.45, 7) is 6.33. The molecule has 1 heterocycles. The normalized spacial score (nSPS) is 16.0. The van der Waals surface area contributed by atoms with Crippen molar-refractivity contribution in [2.45, 2.75) is 33.2 Å². The van der Waals surface area contributed by atoms with Crippen molar-refractivity contribution in [3.8, 4) is 0 Å². The molecule has 2 N–H and O–H groups in total. The Morgan fingerprint density at radius 1 is 1.67 bits per heavy atom. The SMILES string of the molecule is CCC(C)C(N)c1csc(C)n1. The van der Waals surface area contributed by atoms with Crippen LogP contribution < -0.4 is 5.73 Å².